The van der Waals surface area contributed by atoms with E-state index in [1.54, 1.807) is 12.1 Å². The third-order valence-corrected chi connectivity index (χ3v) is 7.93. The van der Waals surface area contributed by atoms with Gasteiger partial charge in [0, 0.05) is 24.7 Å². The Balaban J connectivity index is 1.39. The molecule has 3 atom stereocenters. The maximum absolute atomic E-state index is 15.1. The first-order chi connectivity index (χ1) is 16.7. The van der Waals surface area contributed by atoms with Crippen molar-refractivity contribution in [3.05, 3.63) is 42.3 Å². The second kappa shape index (κ2) is 8.73. The summed E-state index contributed by atoms with van der Waals surface area (Å²) in [5.41, 5.74) is 2.11. The van der Waals surface area contributed by atoms with E-state index in [1.165, 1.54) is 51.1 Å². The Morgan fingerprint density at radius 1 is 1.03 bits per heavy atom. The maximum Gasteiger partial charge on any atom is 0.233 e. The number of nitrogens with zero attached hydrogens (tertiary/aromatic N) is 5. The van der Waals surface area contributed by atoms with Crippen LogP contribution in [0.25, 0.3) is 22.4 Å². The van der Waals surface area contributed by atoms with Gasteiger partial charge in [-0.1, -0.05) is 20.3 Å². The minimum atomic E-state index is -0.591. The predicted octanol–water partition coefficient (Wildman–Crippen LogP) is 5.64. The summed E-state index contributed by atoms with van der Waals surface area (Å²) in [5.74, 6) is 0.262. The van der Waals surface area contributed by atoms with E-state index in [4.69, 9.17) is 4.74 Å². The van der Waals surface area contributed by atoms with Gasteiger partial charge >= 0.3 is 0 Å². The summed E-state index contributed by atoms with van der Waals surface area (Å²) in [7, 11) is 3.56. The largest absolute Gasteiger partial charge is 0.507 e. The average Bonchev–Trinajstić information content (AvgIpc) is 2.82. The van der Waals surface area contributed by atoms with Gasteiger partial charge in [0.25, 0.3) is 0 Å². The van der Waals surface area contributed by atoms with Crippen LogP contribution in [0.3, 0.4) is 0 Å². The van der Waals surface area contributed by atoms with Crippen molar-refractivity contribution in [3.8, 4) is 34.0 Å². The molecule has 3 aromatic rings. The van der Waals surface area contributed by atoms with Gasteiger partial charge in [0.1, 0.15) is 11.6 Å². The number of rotatable bonds is 5. The lowest BCUT2D eigenvalue weighted by molar-refractivity contribution is 0.0141. The Bertz CT molecular complexity index is 1200. The lowest BCUT2D eigenvalue weighted by Crippen LogP contribution is -2.49. The molecule has 0 saturated heterocycles. The summed E-state index contributed by atoms with van der Waals surface area (Å²) in [6, 6.07) is 8.44. The fraction of sp³-hybridized carbons (Fsp3) is 0.481. The molecule has 2 aliphatic rings. The zero-order chi connectivity index (χ0) is 24.8. The number of phenolic OH excluding ortho intramolecular Hbond substituents is 1. The van der Waals surface area contributed by atoms with Crippen LogP contribution >= 0.6 is 0 Å². The topological polar surface area (TPSA) is 84.3 Å². The fourth-order valence-corrected chi connectivity index (χ4v) is 6.43. The maximum atomic E-state index is 15.1. The number of halogens is 1. The Morgan fingerprint density at radius 2 is 1.77 bits per heavy atom. The molecular formula is C27H32FN5O2. The molecule has 2 aromatic heterocycles. The number of methoxy groups -OCH3 is 1. The van der Waals surface area contributed by atoms with E-state index in [0.29, 0.717) is 33.9 Å². The summed E-state index contributed by atoms with van der Waals surface area (Å²) >= 11 is 0. The van der Waals surface area contributed by atoms with Crippen LogP contribution in [0.4, 0.5) is 10.2 Å². The first-order valence-corrected chi connectivity index (χ1v) is 12.2. The van der Waals surface area contributed by atoms with Gasteiger partial charge in [-0.3, -0.25) is 0 Å². The molecule has 2 fully saturated rings. The zero-order valence-corrected chi connectivity index (χ0v) is 20.8. The molecule has 2 heterocycles. The second-order valence-electron chi connectivity index (χ2n) is 10.9. The van der Waals surface area contributed by atoms with Crippen LogP contribution in [0, 0.1) is 16.6 Å². The molecule has 2 saturated carbocycles. The van der Waals surface area contributed by atoms with Crippen LogP contribution in [0.2, 0.25) is 0 Å². The monoisotopic (exact) mass is 477 g/mol. The minimum Gasteiger partial charge on any atom is -0.507 e. The number of phenols is 1. The summed E-state index contributed by atoms with van der Waals surface area (Å²) in [6.07, 6.45) is 8.97. The summed E-state index contributed by atoms with van der Waals surface area (Å²) in [5, 5.41) is 27.0. The van der Waals surface area contributed by atoms with Gasteiger partial charge in [-0.15, -0.1) is 15.3 Å². The molecule has 0 spiro atoms. The van der Waals surface area contributed by atoms with E-state index in [0.717, 1.165) is 18.7 Å². The third kappa shape index (κ3) is 4.54. The highest BCUT2D eigenvalue weighted by molar-refractivity contribution is 5.75. The average molecular weight is 478 g/mol. The quantitative estimate of drug-likeness (QED) is 0.509. The Morgan fingerprint density at radius 3 is 2.40 bits per heavy atom. The minimum absolute atomic E-state index is 0.0247. The van der Waals surface area contributed by atoms with Crippen molar-refractivity contribution < 1.29 is 14.2 Å². The molecule has 0 amide bonds. The Labute approximate surface area is 205 Å². The number of anilines is 1. The van der Waals surface area contributed by atoms with Crippen LogP contribution < -0.4 is 9.64 Å². The molecule has 0 aliphatic heterocycles. The van der Waals surface area contributed by atoms with Crippen molar-refractivity contribution in [1.82, 2.24) is 20.4 Å². The fourth-order valence-electron chi connectivity index (χ4n) is 6.43. The molecule has 1 unspecified atom stereocenters. The smallest absolute Gasteiger partial charge is 0.233 e. The lowest BCUT2D eigenvalue weighted by atomic mass is 9.55. The Kier molecular flexibility index (Phi) is 5.85. The SMILES string of the molecule is COc1cc(-c2cc(O)c(-c3ccc(N(C)C4C[C@]5(C)CCC[C@](C)(C4)C5)nn3)c(F)c2)cnn1. The van der Waals surface area contributed by atoms with Gasteiger partial charge in [0.2, 0.25) is 5.88 Å². The summed E-state index contributed by atoms with van der Waals surface area (Å²) in [6.45, 7) is 4.85. The van der Waals surface area contributed by atoms with Crippen molar-refractivity contribution in [2.75, 3.05) is 19.1 Å². The lowest BCUT2D eigenvalue weighted by Gasteiger charge is -2.54. The van der Waals surface area contributed by atoms with Gasteiger partial charge in [-0.25, -0.2) is 4.39 Å². The molecule has 35 heavy (non-hydrogen) atoms. The van der Waals surface area contributed by atoms with Gasteiger partial charge in [0.15, 0.2) is 5.82 Å². The van der Waals surface area contributed by atoms with Crippen LogP contribution in [0.15, 0.2) is 36.5 Å². The van der Waals surface area contributed by atoms with E-state index >= 15 is 4.39 Å². The van der Waals surface area contributed by atoms with E-state index in [2.05, 4.69) is 46.2 Å². The highest BCUT2D eigenvalue weighted by Crippen LogP contribution is 2.56. The number of aromatic hydroxyl groups is 1. The van der Waals surface area contributed by atoms with Gasteiger partial charge < -0.3 is 14.7 Å². The molecule has 2 aliphatic carbocycles. The highest BCUT2D eigenvalue weighted by atomic mass is 19.1. The first kappa shape index (κ1) is 23.5. The molecule has 1 aromatic carbocycles. The number of hydrogen-bond acceptors (Lipinski definition) is 7. The molecule has 184 valence electrons. The number of aromatic nitrogens is 4. The predicted molar refractivity (Wildman–Crippen MR) is 133 cm³/mol. The molecule has 1 N–H and O–H groups in total. The van der Waals surface area contributed by atoms with E-state index in [9.17, 15) is 5.11 Å². The first-order valence-electron chi connectivity index (χ1n) is 12.2. The van der Waals surface area contributed by atoms with E-state index in [1.807, 2.05) is 6.07 Å². The van der Waals surface area contributed by atoms with E-state index in [-0.39, 0.29) is 17.0 Å². The van der Waals surface area contributed by atoms with Crippen molar-refractivity contribution in [2.45, 2.75) is 58.4 Å². The molecular weight excluding hydrogens is 445 g/mol. The highest BCUT2D eigenvalue weighted by Gasteiger charge is 2.47. The van der Waals surface area contributed by atoms with Crippen LogP contribution in [-0.4, -0.2) is 45.7 Å². The van der Waals surface area contributed by atoms with Crippen molar-refractivity contribution >= 4 is 5.82 Å². The third-order valence-electron chi connectivity index (χ3n) is 7.93. The number of benzene rings is 1. The molecule has 7 nitrogen and oxygen atoms in total. The number of fused-ring (bicyclic) bond motifs is 2. The zero-order valence-electron chi connectivity index (χ0n) is 20.8. The number of ether oxygens (including phenoxy) is 1. The molecule has 8 heteroatoms. The second-order valence-corrected chi connectivity index (χ2v) is 10.9. The Hall–Kier alpha value is -3.29. The number of hydrogen-bond donors (Lipinski definition) is 1. The van der Waals surface area contributed by atoms with Gasteiger partial charge in [-0.2, -0.15) is 5.10 Å². The standard InChI is InChI=1S/C27H32FN5O2/c1-26-8-5-9-27(2,16-26)14-19(13-26)33(3)23-7-6-21(30-31-23)25-20(28)10-17(11-22(25)34)18-12-24(35-4)32-29-15-18/h6-7,10-12,15,19,34H,5,8-9,13-14,16H2,1-4H3/t19?,26-,27+. The summed E-state index contributed by atoms with van der Waals surface area (Å²) < 4.78 is 20.2. The van der Waals surface area contributed by atoms with Crippen molar-refractivity contribution in [3.63, 3.8) is 0 Å². The molecule has 5 rings (SSSR count). The van der Waals surface area contributed by atoms with Gasteiger partial charge in [0.05, 0.1) is 24.6 Å². The van der Waals surface area contributed by atoms with Crippen molar-refractivity contribution in [2.24, 2.45) is 10.8 Å². The molecule has 2 bridgehead atoms. The van der Waals surface area contributed by atoms with Crippen LogP contribution in [0.5, 0.6) is 11.6 Å². The van der Waals surface area contributed by atoms with Crippen molar-refractivity contribution in [1.29, 1.82) is 0 Å². The van der Waals surface area contributed by atoms with Gasteiger partial charge in [-0.05, 0) is 72.8 Å². The normalized spacial score (nSPS) is 25.8. The van der Waals surface area contributed by atoms with Crippen LogP contribution in [0.1, 0.15) is 52.4 Å². The molecule has 0 radical (unpaired) electrons. The van der Waals surface area contributed by atoms with Crippen LogP contribution in [-0.2, 0) is 0 Å². The van der Waals surface area contributed by atoms with E-state index < -0.39 is 5.82 Å². The summed E-state index contributed by atoms with van der Waals surface area (Å²) in [4.78, 5) is 2.22.